The van der Waals surface area contributed by atoms with Gasteiger partial charge in [-0.3, -0.25) is 14.9 Å². The quantitative estimate of drug-likeness (QED) is 0.637. The first-order chi connectivity index (χ1) is 12.0. The number of carboxylic acids is 1. The van der Waals surface area contributed by atoms with E-state index in [0.717, 1.165) is 0 Å². The number of hydrogen-bond donors (Lipinski definition) is 1. The highest BCUT2D eigenvalue weighted by atomic mass is 16.6. The number of hydrogen-bond acceptors (Lipinski definition) is 6. The van der Waals surface area contributed by atoms with E-state index in [1.807, 2.05) is 0 Å². The number of amides is 1. The highest BCUT2D eigenvalue weighted by Gasteiger charge is 2.34. The molecule has 1 aromatic heterocycles. The van der Waals surface area contributed by atoms with Crippen LogP contribution in [-0.4, -0.2) is 62.4 Å². The maximum absolute atomic E-state index is 12.6. The minimum Gasteiger partial charge on any atom is -0.480 e. The summed E-state index contributed by atoms with van der Waals surface area (Å²) in [6.07, 6.45) is 1.49. The van der Waals surface area contributed by atoms with E-state index < -0.39 is 22.8 Å². The largest absolute Gasteiger partial charge is 0.480 e. The Kier molecular flexibility index (Phi) is 4.44. The zero-order chi connectivity index (χ0) is 18.0. The molecule has 2 heterocycles. The molecule has 1 aliphatic heterocycles. The minimum atomic E-state index is -1.15. The van der Waals surface area contributed by atoms with Crippen LogP contribution in [0.1, 0.15) is 10.5 Å². The SMILES string of the molecule is O=C(O)C1COCCN1C(=O)c1ccn(-c2cccc([N+](=O)[O-])c2)n1. The number of benzene rings is 1. The van der Waals surface area contributed by atoms with Gasteiger partial charge in [-0.25, -0.2) is 9.48 Å². The second-order valence-electron chi connectivity index (χ2n) is 5.35. The molecule has 130 valence electrons. The number of aliphatic carboxylic acids is 1. The molecule has 2 aromatic rings. The zero-order valence-corrected chi connectivity index (χ0v) is 12.9. The summed E-state index contributed by atoms with van der Waals surface area (Å²) in [6, 6.07) is 6.18. The molecule has 3 rings (SSSR count). The number of nitrogens with zero attached hydrogens (tertiary/aromatic N) is 4. The van der Waals surface area contributed by atoms with Crippen LogP contribution < -0.4 is 0 Å². The number of rotatable bonds is 4. The molecule has 25 heavy (non-hydrogen) atoms. The molecule has 1 N–H and O–H groups in total. The topological polar surface area (TPSA) is 128 Å². The second-order valence-corrected chi connectivity index (χ2v) is 5.35. The van der Waals surface area contributed by atoms with Gasteiger partial charge in [-0.05, 0) is 12.1 Å². The lowest BCUT2D eigenvalue weighted by Crippen LogP contribution is -2.52. The number of morpholine rings is 1. The van der Waals surface area contributed by atoms with Crippen molar-refractivity contribution >= 4 is 17.6 Å². The first kappa shape index (κ1) is 16.6. The molecule has 0 aliphatic carbocycles. The van der Waals surface area contributed by atoms with Crippen LogP contribution in [0.5, 0.6) is 0 Å². The highest BCUT2D eigenvalue weighted by molar-refractivity contribution is 5.95. The summed E-state index contributed by atoms with van der Waals surface area (Å²) in [5.41, 5.74) is 0.379. The van der Waals surface area contributed by atoms with Crippen LogP contribution in [0.25, 0.3) is 5.69 Å². The van der Waals surface area contributed by atoms with Gasteiger partial charge in [0.25, 0.3) is 11.6 Å². The summed E-state index contributed by atoms with van der Waals surface area (Å²) < 4.78 is 6.44. The fraction of sp³-hybridized carbons (Fsp3) is 0.267. The number of carboxylic acid groups (broad SMARTS) is 1. The smallest absolute Gasteiger partial charge is 0.328 e. The van der Waals surface area contributed by atoms with Crippen LogP contribution in [0.2, 0.25) is 0 Å². The van der Waals surface area contributed by atoms with Crippen molar-refractivity contribution in [2.24, 2.45) is 0 Å². The molecule has 1 amide bonds. The van der Waals surface area contributed by atoms with Gasteiger partial charge in [0.15, 0.2) is 11.7 Å². The molecule has 1 atom stereocenters. The van der Waals surface area contributed by atoms with Gasteiger partial charge in [-0.2, -0.15) is 5.10 Å². The number of aromatic nitrogens is 2. The normalized spacial score (nSPS) is 17.3. The van der Waals surface area contributed by atoms with Crippen molar-refractivity contribution in [3.8, 4) is 5.69 Å². The van der Waals surface area contributed by atoms with Crippen LogP contribution >= 0.6 is 0 Å². The number of nitro groups is 1. The van der Waals surface area contributed by atoms with Gasteiger partial charge in [0.2, 0.25) is 0 Å². The lowest BCUT2D eigenvalue weighted by atomic mass is 10.2. The summed E-state index contributed by atoms with van der Waals surface area (Å²) in [6.45, 7) is 0.327. The Hall–Kier alpha value is -3.27. The lowest BCUT2D eigenvalue weighted by Gasteiger charge is -2.32. The van der Waals surface area contributed by atoms with Gasteiger partial charge in [0.05, 0.1) is 23.8 Å². The first-order valence-corrected chi connectivity index (χ1v) is 7.39. The Morgan fingerprint density at radius 1 is 1.36 bits per heavy atom. The standard InChI is InChI=1S/C15H14N4O6/c20-14(17-6-7-25-9-13(17)15(21)22)12-4-5-18(16-12)10-2-1-3-11(8-10)19(23)24/h1-5,8,13H,6-7,9H2,(H,21,22). The molecule has 1 saturated heterocycles. The number of carbonyl (C=O) groups is 2. The molecule has 1 aromatic carbocycles. The Bertz CT molecular complexity index is 833. The summed E-state index contributed by atoms with van der Waals surface area (Å²) >= 11 is 0. The van der Waals surface area contributed by atoms with E-state index in [1.165, 1.54) is 40.0 Å². The fourth-order valence-corrected chi connectivity index (χ4v) is 2.53. The number of ether oxygens (including phenoxy) is 1. The molecular formula is C15H14N4O6. The second kappa shape index (κ2) is 6.69. The Balaban J connectivity index is 1.85. The third-order valence-corrected chi connectivity index (χ3v) is 3.79. The van der Waals surface area contributed by atoms with E-state index in [0.29, 0.717) is 5.69 Å². The summed E-state index contributed by atoms with van der Waals surface area (Å²) in [5.74, 6) is -1.67. The van der Waals surface area contributed by atoms with Crippen molar-refractivity contribution in [2.45, 2.75) is 6.04 Å². The molecule has 0 radical (unpaired) electrons. The van der Waals surface area contributed by atoms with E-state index in [2.05, 4.69) is 5.10 Å². The van der Waals surface area contributed by atoms with Gasteiger partial charge < -0.3 is 14.7 Å². The summed E-state index contributed by atoms with van der Waals surface area (Å²) in [7, 11) is 0. The fourth-order valence-electron chi connectivity index (χ4n) is 2.53. The van der Waals surface area contributed by atoms with Gasteiger partial charge in [-0.1, -0.05) is 6.07 Å². The minimum absolute atomic E-state index is 0.0552. The van der Waals surface area contributed by atoms with Crippen molar-refractivity contribution < 1.29 is 24.4 Å². The Morgan fingerprint density at radius 2 is 2.16 bits per heavy atom. The molecule has 10 nitrogen and oxygen atoms in total. The number of carbonyl (C=O) groups excluding carboxylic acids is 1. The maximum Gasteiger partial charge on any atom is 0.328 e. The molecule has 10 heteroatoms. The predicted molar refractivity (Wildman–Crippen MR) is 83.5 cm³/mol. The summed E-state index contributed by atoms with van der Waals surface area (Å²) in [4.78, 5) is 35.4. The molecule has 0 bridgehead atoms. The van der Waals surface area contributed by atoms with Crippen LogP contribution in [0.15, 0.2) is 36.5 Å². The highest BCUT2D eigenvalue weighted by Crippen LogP contribution is 2.17. The van der Waals surface area contributed by atoms with Gasteiger partial charge in [0.1, 0.15) is 0 Å². The van der Waals surface area contributed by atoms with E-state index in [4.69, 9.17) is 4.74 Å². The van der Waals surface area contributed by atoms with E-state index in [-0.39, 0.29) is 31.1 Å². The molecule has 0 saturated carbocycles. The van der Waals surface area contributed by atoms with Crippen LogP contribution in [0, 0.1) is 10.1 Å². The third kappa shape index (κ3) is 3.33. The average molecular weight is 346 g/mol. The van der Waals surface area contributed by atoms with Crippen molar-refractivity contribution in [1.29, 1.82) is 0 Å². The van der Waals surface area contributed by atoms with Gasteiger partial charge in [-0.15, -0.1) is 0 Å². The maximum atomic E-state index is 12.6. The molecular weight excluding hydrogens is 332 g/mol. The predicted octanol–water partition coefficient (Wildman–Crippen LogP) is 0.706. The Labute approximate surface area is 141 Å². The molecule has 1 fully saturated rings. The van der Waals surface area contributed by atoms with Crippen molar-refractivity contribution in [1.82, 2.24) is 14.7 Å². The van der Waals surface area contributed by atoms with Crippen molar-refractivity contribution in [3.05, 3.63) is 52.3 Å². The van der Waals surface area contributed by atoms with Crippen LogP contribution in [-0.2, 0) is 9.53 Å². The molecule has 0 spiro atoms. The molecule has 1 unspecified atom stereocenters. The number of nitro benzene ring substituents is 1. The molecule has 1 aliphatic rings. The average Bonchev–Trinajstić information content (AvgIpc) is 3.11. The van der Waals surface area contributed by atoms with Gasteiger partial charge >= 0.3 is 5.97 Å². The van der Waals surface area contributed by atoms with Crippen molar-refractivity contribution in [3.63, 3.8) is 0 Å². The number of non-ortho nitro benzene ring substituents is 1. The van der Waals surface area contributed by atoms with Gasteiger partial charge in [0, 0.05) is 24.9 Å². The zero-order valence-electron chi connectivity index (χ0n) is 12.9. The third-order valence-electron chi connectivity index (χ3n) is 3.79. The summed E-state index contributed by atoms with van der Waals surface area (Å²) in [5, 5.41) is 24.2. The van der Waals surface area contributed by atoms with Crippen LogP contribution in [0.3, 0.4) is 0 Å². The van der Waals surface area contributed by atoms with E-state index in [9.17, 15) is 24.8 Å². The van der Waals surface area contributed by atoms with E-state index in [1.54, 1.807) is 6.07 Å². The first-order valence-electron chi connectivity index (χ1n) is 7.39. The monoisotopic (exact) mass is 346 g/mol. The lowest BCUT2D eigenvalue weighted by molar-refractivity contribution is -0.384. The van der Waals surface area contributed by atoms with Crippen molar-refractivity contribution in [2.75, 3.05) is 19.8 Å². The van der Waals surface area contributed by atoms with E-state index >= 15 is 0 Å². The van der Waals surface area contributed by atoms with Crippen LogP contribution in [0.4, 0.5) is 5.69 Å². The Morgan fingerprint density at radius 3 is 2.88 bits per heavy atom.